The zero-order valence-electron chi connectivity index (χ0n) is 17.9. The summed E-state index contributed by atoms with van der Waals surface area (Å²) in [6, 6.07) is 20.6. The van der Waals surface area contributed by atoms with Crippen LogP contribution in [-0.4, -0.2) is 34.5 Å². The van der Waals surface area contributed by atoms with Crippen molar-refractivity contribution in [1.82, 2.24) is 9.80 Å². The first-order valence-corrected chi connectivity index (χ1v) is 10.8. The van der Waals surface area contributed by atoms with Gasteiger partial charge in [0.2, 0.25) is 0 Å². The molecule has 1 aliphatic heterocycles. The van der Waals surface area contributed by atoms with Crippen molar-refractivity contribution < 1.29 is 9.59 Å². The van der Waals surface area contributed by atoms with Gasteiger partial charge in [-0.15, -0.1) is 0 Å². The standard InChI is InChI=1S/C26H30N2O2/c1-26(2)16-22(29)24(23(30)17-26)25-27(18-20-10-5-3-6-11-20)14-9-15-28(25)19-21-12-7-4-8-13-21/h3-8,10-13H,9,14-19H2,1-2H3. The molecule has 4 nitrogen and oxygen atoms in total. The van der Waals surface area contributed by atoms with E-state index in [1.807, 2.05) is 50.2 Å². The van der Waals surface area contributed by atoms with Gasteiger partial charge in [-0.1, -0.05) is 74.5 Å². The second-order valence-corrected chi connectivity index (χ2v) is 9.23. The fourth-order valence-electron chi connectivity index (χ4n) is 4.61. The number of Topliss-reactive ketones (excluding diaryl/α,β-unsaturated/α-hetero) is 2. The Balaban J connectivity index is 1.74. The van der Waals surface area contributed by atoms with E-state index in [1.165, 1.54) is 11.1 Å². The molecule has 2 aromatic rings. The lowest BCUT2D eigenvalue weighted by atomic mass is 9.74. The average Bonchev–Trinajstić information content (AvgIpc) is 2.70. The molecule has 0 radical (unpaired) electrons. The maximum atomic E-state index is 13.2. The van der Waals surface area contributed by atoms with Crippen molar-refractivity contribution in [3.05, 3.63) is 83.2 Å². The number of rotatable bonds is 4. The van der Waals surface area contributed by atoms with Crippen molar-refractivity contribution >= 4 is 11.6 Å². The van der Waals surface area contributed by atoms with E-state index in [0.29, 0.717) is 31.5 Å². The van der Waals surface area contributed by atoms with E-state index < -0.39 is 0 Å². The highest BCUT2D eigenvalue weighted by molar-refractivity contribution is 6.22. The minimum Gasteiger partial charge on any atom is -0.353 e. The third-order valence-corrected chi connectivity index (χ3v) is 5.95. The fraction of sp³-hybridized carbons (Fsp3) is 0.385. The van der Waals surface area contributed by atoms with E-state index in [1.54, 1.807) is 0 Å². The number of ketones is 2. The minimum absolute atomic E-state index is 0.00993. The summed E-state index contributed by atoms with van der Waals surface area (Å²) in [5.74, 6) is 0.813. The predicted octanol–water partition coefficient (Wildman–Crippen LogP) is 4.56. The molecule has 0 atom stereocenters. The summed E-state index contributed by atoms with van der Waals surface area (Å²) in [5, 5.41) is 0. The molecule has 2 fully saturated rings. The Morgan fingerprint density at radius 1 is 0.733 bits per heavy atom. The van der Waals surface area contributed by atoms with Crippen molar-refractivity contribution in [3.8, 4) is 0 Å². The van der Waals surface area contributed by atoms with Crippen LogP contribution in [0.4, 0.5) is 0 Å². The second kappa shape index (κ2) is 8.47. The second-order valence-electron chi connectivity index (χ2n) is 9.23. The van der Waals surface area contributed by atoms with E-state index in [4.69, 9.17) is 0 Å². The summed E-state index contributed by atoms with van der Waals surface area (Å²) in [7, 11) is 0. The normalized spacial score (nSPS) is 19.4. The molecule has 0 unspecified atom stereocenters. The third-order valence-electron chi connectivity index (χ3n) is 5.95. The molecule has 1 saturated carbocycles. The number of benzene rings is 2. The molecule has 156 valence electrons. The van der Waals surface area contributed by atoms with E-state index in [9.17, 15) is 9.59 Å². The van der Waals surface area contributed by atoms with Gasteiger partial charge in [0, 0.05) is 39.0 Å². The largest absolute Gasteiger partial charge is 0.353 e. The number of allylic oxidation sites excluding steroid dienone is 1. The average molecular weight is 403 g/mol. The monoisotopic (exact) mass is 402 g/mol. The van der Waals surface area contributed by atoms with Gasteiger partial charge in [0.05, 0.1) is 0 Å². The quantitative estimate of drug-likeness (QED) is 0.555. The van der Waals surface area contributed by atoms with E-state index >= 15 is 0 Å². The first-order valence-electron chi connectivity index (χ1n) is 10.8. The van der Waals surface area contributed by atoms with E-state index in [2.05, 4.69) is 34.1 Å². The lowest BCUT2D eigenvalue weighted by Gasteiger charge is -2.43. The number of hydrogen-bond acceptors (Lipinski definition) is 4. The summed E-state index contributed by atoms with van der Waals surface area (Å²) in [4.78, 5) is 30.8. The lowest BCUT2D eigenvalue weighted by Crippen LogP contribution is -2.46. The summed E-state index contributed by atoms with van der Waals surface area (Å²) >= 11 is 0. The van der Waals surface area contributed by atoms with E-state index in [0.717, 1.165) is 25.3 Å². The number of hydrogen-bond donors (Lipinski definition) is 0. The Morgan fingerprint density at radius 2 is 1.17 bits per heavy atom. The molecule has 0 bridgehead atoms. The molecule has 0 aromatic heterocycles. The molecule has 0 spiro atoms. The Labute approximate surface area is 179 Å². The van der Waals surface area contributed by atoms with Crippen LogP contribution in [0.3, 0.4) is 0 Å². The van der Waals surface area contributed by atoms with Crippen LogP contribution in [0.1, 0.15) is 44.2 Å². The highest BCUT2D eigenvalue weighted by Crippen LogP contribution is 2.37. The molecule has 4 heteroatoms. The number of carbonyl (C=O) groups excluding carboxylic acids is 2. The van der Waals surface area contributed by atoms with Crippen LogP contribution in [0.15, 0.2) is 72.1 Å². The van der Waals surface area contributed by atoms with Gasteiger partial charge >= 0.3 is 0 Å². The van der Waals surface area contributed by atoms with Crippen molar-refractivity contribution in [2.45, 2.75) is 46.2 Å². The molecule has 2 aliphatic rings. The van der Waals surface area contributed by atoms with Gasteiger partial charge in [-0.3, -0.25) is 9.59 Å². The highest BCUT2D eigenvalue weighted by atomic mass is 16.2. The van der Waals surface area contributed by atoms with Gasteiger partial charge in [-0.05, 0) is 23.0 Å². The Morgan fingerprint density at radius 3 is 1.60 bits per heavy atom. The zero-order chi connectivity index (χ0) is 21.1. The number of nitrogens with zero attached hydrogens (tertiary/aromatic N) is 2. The summed E-state index contributed by atoms with van der Waals surface area (Å²) in [6.45, 7) is 7.12. The van der Waals surface area contributed by atoms with Crippen LogP contribution in [0.25, 0.3) is 0 Å². The molecular formula is C26H30N2O2. The molecule has 0 amide bonds. The highest BCUT2D eigenvalue weighted by Gasteiger charge is 2.40. The lowest BCUT2D eigenvalue weighted by molar-refractivity contribution is -0.128. The SMILES string of the molecule is CC1(C)CC(=O)C(=C2N(Cc3ccccc3)CCCN2Cc2ccccc2)C(=O)C1. The van der Waals surface area contributed by atoms with Crippen LogP contribution < -0.4 is 0 Å². The molecule has 30 heavy (non-hydrogen) atoms. The summed E-state index contributed by atoms with van der Waals surface area (Å²) < 4.78 is 0. The van der Waals surface area contributed by atoms with E-state index in [-0.39, 0.29) is 17.0 Å². The summed E-state index contributed by atoms with van der Waals surface area (Å²) in [6.07, 6.45) is 1.86. The molecule has 1 saturated heterocycles. The molecular weight excluding hydrogens is 372 g/mol. The zero-order valence-corrected chi connectivity index (χ0v) is 17.9. The van der Waals surface area contributed by atoms with Gasteiger partial charge in [0.1, 0.15) is 11.4 Å². The fourth-order valence-corrected chi connectivity index (χ4v) is 4.61. The van der Waals surface area contributed by atoms with Crippen molar-refractivity contribution in [3.63, 3.8) is 0 Å². The molecule has 0 N–H and O–H groups in total. The van der Waals surface area contributed by atoms with Gasteiger partial charge in [0.15, 0.2) is 11.6 Å². The maximum absolute atomic E-state index is 13.2. The first-order chi connectivity index (χ1) is 14.4. The third kappa shape index (κ3) is 4.48. The van der Waals surface area contributed by atoms with Crippen LogP contribution in [0.2, 0.25) is 0 Å². The smallest absolute Gasteiger partial charge is 0.170 e. The van der Waals surface area contributed by atoms with Crippen LogP contribution in [0.5, 0.6) is 0 Å². The Kier molecular flexibility index (Phi) is 5.76. The van der Waals surface area contributed by atoms with Crippen molar-refractivity contribution in [2.75, 3.05) is 13.1 Å². The van der Waals surface area contributed by atoms with Gasteiger partial charge in [-0.2, -0.15) is 0 Å². The topological polar surface area (TPSA) is 40.6 Å². The molecule has 4 rings (SSSR count). The van der Waals surface area contributed by atoms with Gasteiger partial charge in [-0.25, -0.2) is 0 Å². The minimum atomic E-state index is -0.262. The van der Waals surface area contributed by atoms with Gasteiger partial charge < -0.3 is 9.80 Å². The Bertz CT molecular complexity index is 874. The first kappa shape index (κ1) is 20.4. The predicted molar refractivity (Wildman–Crippen MR) is 118 cm³/mol. The van der Waals surface area contributed by atoms with Gasteiger partial charge in [0.25, 0.3) is 0 Å². The molecule has 1 aliphatic carbocycles. The molecule has 1 heterocycles. The molecule has 2 aromatic carbocycles. The Hall–Kier alpha value is -2.88. The maximum Gasteiger partial charge on any atom is 0.170 e. The number of carbonyl (C=O) groups is 2. The van der Waals surface area contributed by atoms with Crippen molar-refractivity contribution in [1.29, 1.82) is 0 Å². The van der Waals surface area contributed by atoms with Crippen molar-refractivity contribution in [2.24, 2.45) is 5.41 Å². The van der Waals surface area contributed by atoms with Crippen LogP contribution in [0, 0.1) is 5.41 Å². The van der Waals surface area contributed by atoms with Crippen LogP contribution in [-0.2, 0) is 22.7 Å². The summed E-state index contributed by atoms with van der Waals surface area (Å²) in [5.41, 5.74) is 2.53. The van der Waals surface area contributed by atoms with Crippen LogP contribution >= 0.6 is 0 Å².